The number of rotatable bonds is 5. The van der Waals surface area contributed by atoms with E-state index in [0.29, 0.717) is 5.15 Å². The van der Waals surface area contributed by atoms with Crippen molar-refractivity contribution in [3.63, 3.8) is 0 Å². The first-order chi connectivity index (χ1) is 9.04. The van der Waals surface area contributed by atoms with E-state index in [2.05, 4.69) is 27.2 Å². The Hall–Kier alpha value is -1.62. The summed E-state index contributed by atoms with van der Waals surface area (Å²) in [6.45, 7) is 7.00. The first-order valence-corrected chi connectivity index (χ1v) is 6.69. The molecule has 0 amide bonds. The lowest BCUT2D eigenvalue weighted by molar-refractivity contribution is 0.615. The fourth-order valence-electron chi connectivity index (χ4n) is 1.78. The van der Waals surface area contributed by atoms with Crippen LogP contribution in [0.3, 0.4) is 0 Å². The zero-order valence-corrected chi connectivity index (χ0v) is 12.1. The molecule has 0 saturated carbocycles. The van der Waals surface area contributed by atoms with Gasteiger partial charge in [-0.3, -0.25) is 0 Å². The van der Waals surface area contributed by atoms with Gasteiger partial charge in [0.25, 0.3) is 0 Å². The molecule has 2 rings (SSSR count). The molecule has 1 atom stereocenters. The number of imidazole rings is 1. The molecule has 2 heterocycles. The third-order valence-corrected chi connectivity index (χ3v) is 2.86. The van der Waals surface area contributed by atoms with Crippen LogP contribution in [0, 0.1) is 0 Å². The highest BCUT2D eigenvalue weighted by Crippen LogP contribution is 2.17. The summed E-state index contributed by atoms with van der Waals surface area (Å²) in [5.74, 6) is 1.77. The predicted molar refractivity (Wildman–Crippen MR) is 76.4 cm³/mol. The van der Waals surface area contributed by atoms with Crippen molar-refractivity contribution in [2.24, 2.45) is 0 Å². The van der Waals surface area contributed by atoms with Crippen molar-refractivity contribution < 1.29 is 0 Å². The Morgan fingerprint density at radius 1 is 1.32 bits per heavy atom. The molecule has 102 valence electrons. The summed E-state index contributed by atoms with van der Waals surface area (Å²) < 4.78 is 2.02. The van der Waals surface area contributed by atoms with Crippen molar-refractivity contribution in [3.8, 4) is 0 Å². The van der Waals surface area contributed by atoms with Crippen molar-refractivity contribution in [2.45, 2.75) is 39.3 Å². The fraction of sp³-hybridized carbons (Fsp3) is 0.462. The number of anilines is 1. The normalized spacial score (nSPS) is 12.7. The van der Waals surface area contributed by atoms with E-state index >= 15 is 0 Å². The van der Waals surface area contributed by atoms with Gasteiger partial charge >= 0.3 is 0 Å². The van der Waals surface area contributed by atoms with Gasteiger partial charge in [0, 0.05) is 37.0 Å². The average molecular weight is 280 g/mol. The standard InChI is InChI=1S/C13H18ClN5/c1-9(2)13-17-11(14)6-12(18-13)16-10(3)7-19-5-4-15-8-19/h4-6,8-10H,7H2,1-3H3,(H,16,17,18). The molecule has 19 heavy (non-hydrogen) atoms. The summed E-state index contributed by atoms with van der Waals surface area (Å²) in [5, 5.41) is 3.80. The van der Waals surface area contributed by atoms with Crippen LogP contribution in [0.15, 0.2) is 24.8 Å². The topological polar surface area (TPSA) is 55.6 Å². The van der Waals surface area contributed by atoms with Crippen molar-refractivity contribution in [3.05, 3.63) is 35.8 Å². The van der Waals surface area contributed by atoms with Gasteiger partial charge in [-0.05, 0) is 6.92 Å². The maximum absolute atomic E-state index is 6.01. The largest absolute Gasteiger partial charge is 0.366 e. The van der Waals surface area contributed by atoms with Gasteiger partial charge in [0.1, 0.15) is 16.8 Å². The molecular weight excluding hydrogens is 262 g/mol. The molecule has 0 fully saturated rings. The second kappa shape index (κ2) is 6.02. The van der Waals surface area contributed by atoms with Gasteiger partial charge in [0.05, 0.1) is 6.33 Å². The van der Waals surface area contributed by atoms with E-state index in [1.807, 2.05) is 24.6 Å². The van der Waals surface area contributed by atoms with Crippen molar-refractivity contribution in [2.75, 3.05) is 5.32 Å². The molecule has 0 spiro atoms. The Morgan fingerprint density at radius 2 is 2.11 bits per heavy atom. The highest BCUT2D eigenvalue weighted by molar-refractivity contribution is 6.29. The van der Waals surface area contributed by atoms with E-state index < -0.39 is 0 Å². The van der Waals surface area contributed by atoms with Gasteiger partial charge in [0.15, 0.2) is 0 Å². The van der Waals surface area contributed by atoms with E-state index in [0.717, 1.165) is 18.2 Å². The van der Waals surface area contributed by atoms with Gasteiger partial charge in [0.2, 0.25) is 0 Å². The van der Waals surface area contributed by atoms with Crippen LogP contribution in [0.2, 0.25) is 5.15 Å². The van der Waals surface area contributed by atoms with Gasteiger partial charge in [-0.15, -0.1) is 0 Å². The summed E-state index contributed by atoms with van der Waals surface area (Å²) in [6.07, 6.45) is 5.50. The van der Waals surface area contributed by atoms with Gasteiger partial charge in [-0.25, -0.2) is 15.0 Å². The second-order valence-corrected chi connectivity index (χ2v) is 5.28. The lowest BCUT2D eigenvalue weighted by Crippen LogP contribution is -2.22. The Labute approximate surface area is 118 Å². The number of nitrogens with one attached hydrogen (secondary N) is 1. The highest BCUT2D eigenvalue weighted by atomic mass is 35.5. The van der Waals surface area contributed by atoms with E-state index in [1.54, 1.807) is 18.6 Å². The molecule has 0 saturated heterocycles. The minimum atomic E-state index is 0.222. The van der Waals surface area contributed by atoms with Crippen LogP contribution in [0.4, 0.5) is 5.82 Å². The molecule has 2 aromatic heterocycles. The SMILES string of the molecule is CC(Cn1ccnc1)Nc1cc(Cl)nc(C(C)C)n1. The summed E-state index contributed by atoms with van der Waals surface area (Å²) in [5.41, 5.74) is 0. The van der Waals surface area contributed by atoms with E-state index in [4.69, 9.17) is 11.6 Å². The molecule has 1 N–H and O–H groups in total. The maximum atomic E-state index is 6.01. The summed E-state index contributed by atoms with van der Waals surface area (Å²) in [4.78, 5) is 12.7. The third-order valence-electron chi connectivity index (χ3n) is 2.67. The quantitative estimate of drug-likeness (QED) is 0.855. The molecule has 0 bridgehead atoms. The minimum Gasteiger partial charge on any atom is -0.366 e. The summed E-state index contributed by atoms with van der Waals surface area (Å²) in [7, 11) is 0. The van der Waals surface area contributed by atoms with Crippen LogP contribution in [-0.4, -0.2) is 25.6 Å². The first kappa shape index (κ1) is 13.8. The Kier molecular flexibility index (Phi) is 4.37. The molecule has 2 aromatic rings. The van der Waals surface area contributed by atoms with Crippen LogP contribution < -0.4 is 5.32 Å². The molecule has 0 aromatic carbocycles. The van der Waals surface area contributed by atoms with Crippen LogP contribution in [0.25, 0.3) is 0 Å². The molecule has 5 nitrogen and oxygen atoms in total. The second-order valence-electron chi connectivity index (χ2n) is 4.89. The molecule has 0 radical (unpaired) electrons. The van der Waals surface area contributed by atoms with Gasteiger partial charge in [-0.2, -0.15) is 0 Å². The Bertz CT molecular complexity index is 524. The lowest BCUT2D eigenvalue weighted by Gasteiger charge is -2.16. The summed E-state index contributed by atoms with van der Waals surface area (Å²) in [6, 6.07) is 1.97. The zero-order valence-electron chi connectivity index (χ0n) is 11.3. The van der Waals surface area contributed by atoms with Crippen molar-refractivity contribution in [1.82, 2.24) is 19.5 Å². The van der Waals surface area contributed by atoms with Crippen LogP contribution in [0.1, 0.15) is 32.5 Å². The first-order valence-electron chi connectivity index (χ1n) is 6.31. The fourth-order valence-corrected chi connectivity index (χ4v) is 1.97. The zero-order chi connectivity index (χ0) is 13.8. The Morgan fingerprint density at radius 3 is 2.74 bits per heavy atom. The summed E-state index contributed by atoms with van der Waals surface area (Å²) >= 11 is 6.01. The average Bonchev–Trinajstić information content (AvgIpc) is 2.80. The molecule has 0 aliphatic carbocycles. The number of hydrogen-bond acceptors (Lipinski definition) is 4. The van der Waals surface area contributed by atoms with E-state index in [9.17, 15) is 0 Å². The number of halogens is 1. The van der Waals surface area contributed by atoms with Gasteiger partial charge in [-0.1, -0.05) is 25.4 Å². The smallest absolute Gasteiger partial charge is 0.135 e. The molecular formula is C13H18ClN5. The monoisotopic (exact) mass is 279 g/mol. The molecule has 6 heteroatoms. The number of nitrogens with zero attached hydrogens (tertiary/aromatic N) is 4. The van der Waals surface area contributed by atoms with Crippen molar-refractivity contribution in [1.29, 1.82) is 0 Å². The molecule has 0 aliphatic rings. The van der Waals surface area contributed by atoms with Crippen LogP contribution in [-0.2, 0) is 6.54 Å². The lowest BCUT2D eigenvalue weighted by atomic mass is 10.2. The molecule has 1 unspecified atom stereocenters. The van der Waals surface area contributed by atoms with E-state index in [1.165, 1.54) is 0 Å². The molecule has 0 aliphatic heterocycles. The maximum Gasteiger partial charge on any atom is 0.135 e. The third kappa shape index (κ3) is 3.92. The van der Waals surface area contributed by atoms with Gasteiger partial charge < -0.3 is 9.88 Å². The van der Waals surface area contributed by atoms with Crippen LogP contribution >= 0.6 is 11.6 Å². The van der Waals surface area contributed by atoms with Crippen molar-refractivity contribution >= 4 is 17.4 Å². The number of hydrogen-bond donors (Lipinski definition) is 1. The Balaban J connectivity index is 2.05. The number of aromatic nitrogens is 4. The van der Waals surface area contributed by atoms with E-state index in [-0.39, 0.29) is 12.0 Å². The predicted octanol–water partition coefficient (Wildman–Crippen LogP) is 2.95. The highest BCUT2D eigenvalue weighted by Gasteiger charge is 2.09. The minimum absolute atomic E-state index is 0.222. The van der Waals surface area contributed by atoms with Crippen LogP contribution in [0.5, 0.6) is 0 Å².